The maximum absolute atomic E-state index is 14.1. The quantitative estimate of drug-likeness (QED) is 0.332. The van der Waals surface area contributed by atoms with Crippen LogP contribution in [0, 0.1) is 13.8 Å². The van der Waals surface area contributed by atoms with E-state index in [2.05, 4.69) is 5.32 Å². The molecule has 0 heterocycles. The topological polar surface area (TPSA) is 96.0 Å². The van der Waals surface area contributed by atoms with Gasteiger partial charge in [-0.2, -0.15) is 0 Å². The SMILES string of the molecule is COc1ccc(C)cc1N(CC(=O)N(Cc1ccc(Cl)cc1)C(C)C(=O)NC(C)(C)C)S(=O)(=O)c1ccc(C)cc1. The van der Waals surface area contributed by atoms with Crippen LogP contribution in [0.4, 0.5) is 5.69 Å². The van der Waals surface area contributed by atoms with Crippen LogP contribution in [0.1, 0.15) is 44.4 Å². The lowest BCUT2D eigenvalue weighted by Crippen LogP contribution is -2.54. The number of carbonyl (C=O) groups is 2. The van der Waals surface area contributed by atoms with E-state index in [1.165, 1.54) is 24.1 Å². The Bertz CT molecular complexity index is 1480. The second kappa shape index (κ2) is 13.0. The molecule has 220 valence electrons. The molecule has 1 N–H and O–H groups in total. The molecule has 0 aromatic heterocycles. The molecule has 0 aliphatic heterocycles. The van der Waals surface area contributed by atoms with Crippen molar-refractivity contribution in [1.29, 1.82) is 0 Å². The van der Waals surface area contributed by atoms with Crippen LogP contribution in [0.5, 0.6) is 5.75 Å². The first-order chi connectivity index (χ1) is 19.1. The summed E-state index contributed by atoms with van der Waals surface area (Å²) in [6.07, 6.45) is 0. The van der Waals surface area contributed by atoms with Gasteiger partial charge in [-0.15, -0.1) is 0 Å². The lowest BCUT2D eigenvalue weighted by atomic mass is 10.1. The smallest absolute Gasteiger partial charge is 0.264 e. The maximum atomic E-state index is 14.1. The van der Waals surface area contributed by atoms with Gasteiger partial charge in [-0.3, -0.25) is 13.9 Å². The summed E-state index contributed by atoms with van der Waals surface area (Å²) in [6.45, 7) is 10.4. The van der Waals surface area contributed by atoms with E-state index in [1.807, 2.05) is 34.6 Å². The van der Waals surface area contributed by atoms with Gasteiger partial charge in [0.1, 0.15) is 18.3 Å². The van der Waals surface area contributed by atoms with Crippen molar-refractivity contribution in [1.82, 2.24) is 10.2 Å². The highest BCUT2D eigenvalue weighted by Gasteiger charge is 2.34. The largest absolute Gasteiger partial charge is 0.495 e. The summed E-state index contributed by atoms with van der Waals surface area (Å²) in [6, 6.07) is 17.6. The normalized spacial score (nSPS) is 12.4. The number of sulfonamides is 1. The molecule has 0 saturated carbocycles. The molecule has 3 aromatic rings. The number of rotatable bonds is 10. The van der Waals surface area contributed by atoms with Crippen molar-refractivity contribution in [2.24, 2.45) is 0 Å². The Morgan fingerprint density at radius 3 is 2.10 bits per heavy atom. The number of halogens is 1. The van der Waals surface area contributed by atoms with Crippen LogP contribution < -0.4 is 14.4 Å². The number of nitrogens with one attached hydrogen (secondary N) is 1. The Morgan fingerprint density at radius 1 is 0.951 bits per heavy atom. The molecular formula is C31H38ClN3O5S. The third kappa shape index (κ3) is 8.24. The summed E-state index contributed by atoms with van der Waals surface area (Å²) in [4.78, 5) is 28.7. The summed E-state index contributed by atoms with van der Waals surface area (Å²) < 4.78 is 34.7. The molecule has 0 saturated heterocycles. The molecule has 0 spiro atoms. The minimum atomic E-state index is -4.21. The number of methoxy groups -OCH3 is 1. The van der Waals surface area contributed by atoms with Crippen LogP contribution in [0.25, 0.3) is 0 Å². The summed E-state index contributed by atoms with van der Waals surface area (Å²) in [5.41, 5.74) is 2.11. The highest BCUT2D eigenvalue weighted by atomic mass is 35.5. The van der Waals surface area contributed by atoms with Gasteiger partial charge in [0.15, 0.2) is 0 Å². The fourth-order valence-corrected chi connectivity index (χ4v) is 5.73. The van der Waals surface area contributed by atoms with Crippen LogP contribution in [0.2, 0.25) is 5.02 Å². The Kier molecular flexibility index (Phi) is 10.1. The maximum Gasteiger partial charge on any atom is 0.264 e. The van der Waals surface area contributed by atoms with Crippen molar-refractivity contribution < 1.29 is 22.7 Å². The molecule has 41 heavy (non-hydrogen) atoms. The number of amides is 2. The highest BCUT2D eigenvalue weighted by molar-refractivity contribution is 7.92. The van der Waals surface area contributed by atoms with Crippen molar-refractivity contribution in [3.8, 4) is 5.75 Å². The third-order valence-electron chi connectivity index (χ3n) is 6.42. The van der Waals surface area contributed by atoms with Gasteiger partial charge in [0, 0.05) is 17.1 Å². The fourth-order valence-electron chi connectivity index (χ4n) is 4.19. The van der Waals surface area contributed by atoms with Gasteiger partial charge < -0.3 is 15.0 Å². The van der Waals surface area contributed by atoms with Crippen LogP contribution in [-0.4, -0.2) is 50.4 Å². The number of ether oxygens (including phenoxy) is 1. The lowest BCUT2D eigenvalue weighted by molar-refractivity contribution is -0.140. The first kappa shape index (κ1) is 32.0. The van der Waals surface area contributed by atoms with Crippen LogP contribution in [0.15, 0.2) is 71.6 Å². The molecule has 3 rings (SSSR count). The molecule has 0 radical (unpaired) electrons. The molecule has 8 nitrogen and oxygen atoms in total. The van der Waals surface area contributed by atoms with Crippen molar-refractivity contribution in [2.45, 2.75) is 64.6 Å². The summed E-state index contributed by atoms with van der Waals surface area (Å²) in [5.74, 6) is -0.626. The van der Waals surface area contributed by atoms with E-state index in [4.69, 9.17) is 16.3 Å². The van der Waals surface area contributed by atoms with Crippen LogP contribution >= 0.6 is 11.6 Å². The minimum absolute atomic E-state index is 0.0298. The fraction of sp³-hybridized carbons (Fsp3) is 0.355. The van der Waals surface area contributed by atoms with E-state index in [0.717, 1.165) is 21.0 Å². The monoisotopic (exact) mass is 599 g/mol. The average molecular weight is 600 g/mol. The van der Waals surface area contributed by atoms with Crippen molar-refractivity contribution >= 4 is 39.1 Å². The van der Waals surface area contributed by atoms with Crippen LogP contribution in [0.3, 0.4) is 0 Å². The Balaban J connectivity index is 2.10. The van der Waals surface area contributed by atoms with Crippen LogP contribution in [-0.2, 0) is 26.2 Å². The van der Waals surface area contributed by atoms with Crippen molar-refractivity contribution in [3.05, 3.63) is 88.4 Å². The third-order valence-corrected chi connectivity index (χ3v) is 8.45. The second-order valence-electron chi connectivity index (χ2n) is 11.1. The molecule has 1 atom stereocenters. The second-order valence-corrected chi connectivity index (χ2v) is 13.4. The van der Waals surface area contributed by atoms with Crippen molar-refractivity contribution in [3.63, 3.8) is 0 Å². The molecule has 3 aromatic carbocycles. The van der Waals surface area contributed by atoms with Gasteiger partial charge >= 0.3 is 0 Å². The molecular weight excluding hydrogens is 562 g/mol. The molecule has 1 unspecified atom stereocenters. The predicted octanol–water partition coefficient (Wildman–Crippen LogP) is 5.49. The van der Waals surface area contributed by atoms with E-state index < -0.39 is 34.1 Å². The number of anilines is 1. The lowest BCUT2D eigenvalue weighted by Gasteiger charge is -2.33. The van der Waals surface area contributed by atoms with E-state index in [9.17, 15) is 18.0 Å². The molecule has 0 fully saturated rings. The molecule has 10 heteroatoms. The highest BCUT2D eigenvalue weighted by Crippen LogP contribution is 2.34. The number of hydrogen-bond donors (Lipinski definition) is 1. The molecule has 0 aliphatic rings. The first-order valence-electron chi connectivity index (χ1n) is 13.2. The Morgan fingerprint density at radius 2 is 1.54 bits per heavy atom. The molecule has 0 bridgehead atoms. The number of aryl methyl sites for hydroxylation is 2. The number of carbonyl (C=O) groups excluding carboxylic acids is 2. The van der Waals surface area contributed by atoms with E-state index in [-0.39, 0.29) is 23.0 Å². The van der Waals surface area contributed by atoms with Gasteiger partial charge in [-0.1, -0.05) is 47.5 Å². The zero-order valence-corrected chi connectivity index (χ0v) is 26.1. The zero-order valence-electron chi connectivity index (χ0n) is 24.6. The summed E-state index contributed by atoms with van der Waals surface area (Å²) >= 11 is 6.06. The van der Waals surface area contributed by atoms with E-state index >= 15 is 0 Å². The molecule has 0 aliphatic carbocycles. The Labute approximate surface area is 248 Å². The Hall–Kier alpha value is -3.56. The zero-order chi connectivity index (χ0) is 30.5. The van der Waals surface area contributed by atoms with E-state index in [1.54, 1.807) is 61.5 Å². The number of nitrogens with zero attached hydrogens (tertiary/aromatic N) is 2. The summed E-state index contributed by atoms with van der Waals surface area (Å²) in [7, 11) is -2.77. The summed E-state index contributed by atoms with van der Waals surface area (Å²) in [5, 5.41) is 3.45. The minimum Gasteiger partial charge on any atom is -0.495 e. The van der Waals surface area contributed by atoms with Gasteiger partial charge in [0.2, 0.25) is 11.8 Å². The van der Waals surface area contributed by atoms with E-state index in [0.29, 0.717) is 10.8 Å². The number of benzene rings is 3. The van der Waals surface area contributed by atoms with Gasteiger partial charge in [-0.25, -0.2) is 8.42 Å². The van der Waals surface area contributed by atoms with Gasteiger partial charge in [0.05, 0.1) is 17.7 Å². The van der Waals surface area contributed by atoms with Gasteiger partial charge in [0.25, 0.3) is 10.0 Å². The van der Waals surface area contributed by atoms with Crippen molar-refractivity contribution in [2.75, 3.05) is 18.0 Å². The predicted molar refractivity (Wildman–Crippen MR) is 163 cm³/mol. The number of hydrogen-bond acceptors (Lipinski definition) is 5. The van der Waals surface area contributed by atoms with Gasteiger partial charge in [-0.05, 0) is 89.1 Å². The first-order valence-corrected chi connectivity index (χ1v) is 15.0. The standard InChI is InChI=1S/C31H38ClN3O5S/c1-21-8-15-26(16-9-21)41(38,39)35(27-18-22(2)10-17-28(27)40-7)20-29(36)34(19-24-11-13-25(32)14-12-24)23(3)30(37)33-31(4,5)6/h8-18,23H,19-20H2,1-7H3,(H,33,37). The molecule has 2 amide bonds. The average Bonchev–Trinajstić information content (AvgIpc) is 2.90.